The van der Waals surface area contributed by atoms with Crippen LogP contribution in [0.1, 0.15) is 27.2 Å². The molecule has 1 N–H and O–H groups in total. The SMILES string of the molecule is CCN(C(=O)C=C(C)C)C1CCNC1. The smallest absolute Gasteiger partial charge is 0.246 e. The summed E-state index contributed by atoms with van der Waals surface area (Å²) < 4.78 is 0. The summed E-state index contributed by atoms with van der Waals surface area (Å²) in [6.07, 6.45) is 2.80. The molecule has 1 unspecified atom stereocenters. The van der Waals surface area contributed by atoms with Gasteiger partial charge in [-0.1, -0.05) is 5.57 Å². The van der Waals surface area contributed by atoms with Gasteiger partial charge in [0.25, 0.3) is 0 Å². The standard InChI is InChI=1S/C11H20N2O/c1-4-13(10-5-6-12-8-10)11(14)7-9(2)3/h7,10,12H,4-6,8H2,1-3H3. The predicted molar refractivity (Wildman–Crippen MR) is 58.1 cm³/mol. The van der Waals surface area contributed by atoms with E-state index in [1.165, 1.54) is 0 Å². The van der Waals surface area contributed by atoms with Gasteiger partial charge in [-0.05, 0) is 33.7 Å². The number of nitrogens with zero attached hydrogens (tertiary/aromatic N) is 1. The van der Waals surface area contributed by atoms with Crippen LogP contribution in [0.15, 0.2) is 11.6 Å². The number of rotatable bonds is 3. The average Bonchev–Trinajstić information content (AvgIpc) is 2.57. The quantitative estimate of drug-likeness (QED) is 0.687. The summed E-state index contributed by atoms with van der Waals surface area (Å²) >= 11 is 0. The van der Waals surface area contributed by atoms with Gasteiger partial charge in [-0.3, -0.25) is 4.79 Å². The minimum atomic E-state index is 0.154. The fourth-order valence-corrected chi connectivity index (χ4v) is 1.83. The third-order valence-corrected chi connectivity index (χ3v) is 2.51. The molecule has 0 aliphatic carbocycles. The molecule has 1 amide bonds. The van der Waals surface area contributed by atoms with Crippen LogP contribution in [0.5, 0.6) is 0 Å². The highest BCUT2D eigenvalue weighted by molar-refractivity contribution is 5.88. The molecule has 0 bridgehead atoms. The molecule has 0 aromatic rings. The fourth-order valence-electron chi connectivity index (χ4n) is 1.83. The fraction of sp³-hybridized carbons (Fsp3) is 0.727. The van der Waals surface area contributed by atoms with Gasteiger partial charge in [0, 0.05) is 25.2 Å². The van der Waals surface area contributed by atoms with Crippen LogP contribution in [0, 0.1) is 0 Å². The first-order chi connectivity index (χ1) is 6.65. The second kappa shape index (κ2) is 5.15. The van der Waals surface area contributed by atoms with Crippen molar-refractivity contribution in [3.63, 3.8) is 0 Å². The van der Waals surface area contributed by atoms with Gasteiger partial charge in [0.05, 0.1) is 0 Å². The van der Waals surface area contributed by atoms with E-state index in [4.69, 9.17) is 0 Å². The number of hydrogen-bond donors (Lipinski definition) is 1. The van der Waals surface area contributed by atoms with Crippen molar-refractivity contribution in [3.8, 4) is 0 Å². The van der Waals surface area contributed by atoms with Crippen LogP contribution in [-0.4, -0.2) is 36.5 Å². The molecule has 14 heavy (non-hydrogen) atoms. The maximum absolute atomic E-state index is 11.8. The molecular weight excluding hydrogens is 176 g/mol. The lowest BCUT2D eigenvalue weighted by Crippen LogP contribution is -2.40. The van der Waals surface area contributed by atoms with Gasteiger partial charge in [-0.15, -0.1) is 0 Å². The molecule has 1 rings (SSSR count). The van der Waals surface area contributed by atoms with Crippen molar-refractivity contribution < 1.29 is 4.79 Å². The molecule has 3 nitrogen and oxygen atoms in total. The summed E-state index contributed by atoms with van der Waals surface area (Å²) in [7, 11) is 0. The zero-order valence-electron chi connectivity index (χ0n) is 9.34. The van der Waals surface area contributed by atoms with Crippen LogP contribution in [0.2, 0.25) is 0 Å². The molecule has 1 saturated heterocycles. The lowest BCUT2D eigenvalue weighted by atomic mass is 10.2. The lowest BCUT2D eigenvalue weighted by Gasteiger charge is -2.26. The van der Waals surface area contributed by atoms with Gasteiger partial charge in [0.2, 0.25) is 5.91 Å². The maximum atomic E-state index is 11.8. The monoisotopic (exact) mass is 196 g/mol. The van der Waals surface area contributed by atoms with E-state index < -0.39 is 0 Å². The summed E-state index contributed by atoms with van der Waals surface area (Å²) in [4.78, 5) is 13.7. The van der Waals surface area contributed by atoms with Crippen LogP contribution < -0.4 is 5.32 Å². The van der Waals surface area contributed by atoms with Crippen LogP contribution in [0.3, 0.4) is 0 Å². The van der Waals surface area contributed by atoms with Crippen LogP contribution in [0.25, 0.3) is 0 Å². The number of carbonyl (C=O) groups excluding carboxylic acids is 1. The van der Waals surface area contributed by atoms with Crippen molar-refractivity contribution in [3.05, 3.63) is 11.6 Å². The van der Waals surface area contributed by atoms with Crippen molar-refractivity contribution in [1.29, 1.82) is 0 Å². The molecule has 1 fully saturated rings. The normalized spacial score (nSPS) is 20.6. The maximum Gasteiger partial charge on any atom is 0.246 e. The molecule has 0 aromatic carbocycles. The largest absolute Gasteiger partial charge is 0.335 e. The molecule has 0 radical (unpaired) electrons. The number of likely N-dealkylation sites (N-methyl/N-ethyl adjacent to an activating group) is 1. The highest BCUT2D eigenvalue weighted by Gasteiger charge is 2.23. The highest BCUT2D eigenvalue weighted by atomic mass is 16.2. The molecule has 80 valence electrons. The molecule has 1 aliphatic heterocycles. The van der Waals surface area contributed by atoms with E-state index >= 15 is 0 Å². The zero-order chi connectivity index (χ0) is 10.6. The van der Waals surface area contributed by atoms with E-state index in [0.717, 1.165) is 31.6 Å². The van der Waals surface area contributed by atoms with Crippen LogP contribution in [-0.2, 0) is 4.79 Å². The van der Waals surface area contributed by atoms with E-state index in [1.807, 2.05) is 25.7 Å². The Hall–Kier alpha value is -0.830. The Morgan fingerprint density at radius 2 is 2.29 bits per heavy atom. The summed E-state index contributed by atoms with van der Waals surface area (Å²) in [5.74, 6) is 0.154. The number of carbonyl (C=O) groups is 1. The molecule has 1 aliphatic rings. The Morgan fingerprint density at radius 3 is 2.71 bits per heavy atom. The van der Waals surface area contributed by atoms with Gasteiger partial charge in [0.15, 0.2) is 0 Å². The predicted octanol–water partition coefficient (Wildman–Crippen LogP) is 1.16. The second-order valence-electron chi connectivity index (χ2n) is 3.99. The minimum Gasteiger partial charge on any atom is -0.335 e. The van der Waals surface area contributed by atoms with Crippen molar-refractivity contribution in [1.82, 2.24) is 10.2 Å². The van der Waals surface area contributed by atoms with Gasteiger partial charge in [-0.25, -0.2) is 0 Å². The van der Waals surface area contributed by atoms with Crippen molar-refractivity contribution in [2.75, 3.05) is 19.6 Å². The Balaban J connectivity index is 2.60. The second-order valence-corrected chi connectivity index (χ2v) is 3.99. The zero-order valence-corrected chi connectivity index (χ0v) is 9.34. The topological polar surface area (TPSA) is 32.3 Å². The molecule has 0 saturated carbocycles. The van der Waals surface area contributed by atoms with E-state index in [0.29, 0.717) is 6.04 Å². The van der Waals surface area contributed by atoms with E-state index in [9.17, 15) is 4.79 Å². The molecule has 0 aromatic heterocycles. The summed E-state index contributed by atoms with van der Waals surface area (Å²) in [6, 6.07) is 0.392. The first kappa shape index (κ1) is 11.2. The third-order valence-electron chi connectivity index (χ3n) is 2.51. The van der Waals surface area contributed by atoms with E-state index in [-0.39, 0.29) is 5.91 Å². The average molecular weight is 196 g/mol. The Labute approximate surface area is 86.2 Å². The van der Waals surface area contributed by atoms with Crippen LogP contribution >= 0.6 is 0 Å². The number of amides is 1. The van der Waals surface area contributed by atoms with Crippen molar-refractivity contribution >= 4 is 5.91 Å². The van der Waals surface area contributed by atoms with Gasteiger partial charge < -0.3 is 10.2 Å². The lowest BCUT2D eigenvalue weighted by molar-refractivity contribution is -0.127. The number of nitrogens with one attached hydrogen (secondary N) is 1. The summed E-state index contributed by atoms with van der Waals surface area (Å²) in [5.41, 5.74) is 1.07. The Bertz CT molecular complexity index is 225. The van der Waals surface area contributed by atoms with Crippen molar-refractivity contribution in [2.45, 2.75) is 33.2 Å². The third kappa shape index (κ3) is 2.84. The molecule has 1 atom stereocenters. The number of allylic oxidation sites excluding steroid dienone is 1. The Morgan fingerprint density at radius 1 is 1.57 bits per heavy atom. The molecule has 3 heteroatoms. The van der Waals surface area contributed by atoms with Crippen molar-refractivity contribution in [2.24, 2.45) is 0 Å². The van der Waals surface area contributed by atoms with Gasteiger partial charge >= 0.3 is 0 Å². The Kier molecular flexibility index (Phi) is 4.14. The van der Waals surface area contributed by atoms with E-state index in [1.54, 1.807) is 6.08 Å². The summed E-state index contributed by atoms with van der Waals surface area (Å²) in [6.45, 7) is 8.72. The summed E-state index contributed by atoms with van der Waals surface area (Å²) in [5, 5.41) is 3.28. The first-order valence-electron chi connectivity index (χ1n) is 5.31. The molecular formula is C11H20N2O. The highest BCUT2D eigenvalue weighted by Crippen LogP contribution is 2.09. The van der Waals surface area contributed by atoms with Gasteiger partial charge in [-0.2, -0.15) is 0 Å². The van der Waals surface area contributed by atoms with Crippen LogP contribution in [0.4, 0.5) is 0 Å². The molecule has 1 heterocycles. The molecule has 0 spiro atoms. The minimum absolute atomic E-state index is 0.154. The van der Waals surface area contributed by atoms with Gasteiger partial charge in [0.1, 0.15) is 0 Å². The first-order valence-corrected chi connectivity index (χ1v) is 5.31. The van der Waals surface area contributed by atoms with E-state index in [2.05, 4.69) is 5.32 Å². The number of hydrogen-bond acceptors (Lipinski definition) is 2.